The molecule has 0 saturated carbocycles. The molecule has 8 nitrogen and oxygen atoms in total. The lowest BCUT2D eigenvalue weighted by molar-refractivity contribution is -0.137. The van der Waals surface area contributed by atoms with Crippen LogP contribution in [0.4, 0.5) is 0 Å². The summed E-state index contributed by atoms with van der Waals surface area (Å²) >= 11 is 0. The summed E-state index contributed by atoms with van der Waals surface area (Å²) in [5.41, 5.74) is 2.42. The van der Waals surface area contributed by atoms with Crippen LogP contribution in [0.2, 0.25) is 0 Å². The summed E-state index contributed by atoms with van der Waals surface area (Å²) < 4.78 is 18.3. The van der Waals surface area contributed by atoms with E-state index in [1.807, 2.05) is 36.4 Å². The second kappa shape index (κ2) is 7.59. The van der Waals surface area contributed by atoms with Gasteiger partial charge >= 0.3 is 5.97 Å². The van der Waals surface area contributed by atoms with Gasteiger partial charge in [-0.3, -0.25) is 4.79 Å². The summed E-state index contributed by atoms with van der Waals surface area (Å²) in [4.78, 5) is 10.9. The van der Waals surface area contributed by atoms with Gasteiger partial charge in [0.25, 0.3) is 0 Å². The summed E-state index contributed by atoms with van der Waals surface area (Å²) in [5, 5.41) is 17.2. The highest BCUT2D eigenvalue weighted by Gasteiger charge is 2.26. The lowest BCUT2D eigenvalue weighted by atomic mass is 9.98. The minimum absolute atomic E-state index is 0.0561. The predicted octanol–water partition coefficient (Wildman–Crippen LogP) is 2.81. The lowest BCUT2D eigenvalue weighted by Gasteiger charge is -2.07. The van der Waals surface area contributed by atoms with Gasteiger partial charge in [0.05, 0.1) is 32.0 Å². The quantitative estimate of drug-likeness (QED) is 0.672. The molecule has 1 atom stereocenters. The van der Waals surface area contributed by atoms with Gasteiger partial charge in [-0.1, -0.05) is 17.3 Å². The van der Waals surface area contributed by atoms with E-state index in [0.717, 1.165) is 17.0 Å². The van der Waals surface area contributed by atoms with Crippen molar-refractivity contribution in [3.8, 4) is 22.9 Å². The number of rotatable bonds is 7. The molecule has 144 valence electrons. The van der Waals surface area contributed by atoms with E-state index in [-0.39, 0.29) is 18.9 Å². The fraction of sp³-hybridized carbons (Fsp3) is 0.250. The van der Waals surface area contributed by atoms with E-state index in [2.05, 4.69) is 10.3 Å². The third-order valence-electron chi connectivity index (χ3n) is 4.53. The Morgan fingerprint density at radius 2 is 2.18 bits per heavy atom. The Labute approximate surface area is 161 Å². The van der Waals surface area contributed by atoms with Gasteiger partial charge in [-0.2, -0.15) is 0 Å². The Morgan fingerprint density at radius 1 is 1.29 bits per heavy atom. The van der Waals surface area contributed by atoms with Gasteiger partial charge in [0.2, 0.25) is 0 Å². The summed E-state index contributed by atoms with van der Waals surface area (Å²) in [5.74, 6) is 1.09. The molecule has 0 radical (unpaired) electrons. The smallest absolute Gasteiger partial charge is 0.304 e. The van der Waals surface area contributed by atoms with Crippen LogP contribution in [-0.2, 0) is 11.4 Å². The van der Waals surface area contributed by atoms with Crippen molar-refractivity contribution in [3.63, 3.8) is 0 Å². The number of ether oxygens (including phenoxy) is 3. The van der Waals surface area contributed by atoms with Crippen LogP contribution in [0.5, 0.6) is 17.2 Å². The Kier molecular flexibility index (Phi) is 4.84. The molecule has 4 rings (SSSR count). The zero-order valence-corrected chi connectivity index (χ0v) is 15.2. The van der Waals surface area contributed by atoms with E-state index in [9.17, 15) is 4.79 Å². The van der Waals surface area contributed by atoms with E-state index in [1.54, 1.807) is 24.1 Å². The number of methoxy groups -OCH3 is 1. The minimum Gasteiger partial charge on any atom is -0.497 e. The molecule has 0 spiro atoms. The first-order valence-corrected chi connectivity index (χ1v) is 8.79. The highest BCUT2D eigenvalue weighted by atomic mass is 16.5. The molecule has 8 heteroatoms. The average molecular weight is 381 g/mol. The maximum atomic E-state index is 10.9. The first-order valence-electron chi connectivity index (χ1n) is 8.79. The molecule has 0 aliphatic carbocycles. The standard InChI is InChI=1S/C20H19N3O5/c1-26-16-4-2-3-15(8-16)23-10-14(21-22-23)12-27-17-5-6-18-13(7-20(24)25)11-28-19(18)9-17/h2-6,8-10,13H,7,11-12H2,1H3,(H,24,25). The average Bonchev–Trinajstić information content (AvgIpc) is 3.33. The fourth-order valence-corrected chi connectivity index (χ4v) is 3.13. The van der Waals surface area contributed by atoms with Gasteiger partial charge in [-0.15, -0.1) is 5.10 Å². The lowest BCUT2D eigenvalue weighted by Crippen LogP contribution is -2.07. The van der Waals surface area contributed by atoms with Crippen LogP contribution in [0.3, 0.4) is 0 Å². The largest absolute Gasteiger partial charge is 0.497 e. The number of carboxylic acid groups (broad SMARTS) is 1. The molecular formula is C20H19N3O5. The molecule has 1 unspecified atom stereocenters. The zero-order valence-electron chi connectivity index (χ0n) is 15.2. The van der Waals surface area contributed by atoms with Crippen molar-refractivity contribution in [2.75, 3.05) is 13.7 Å². The number of fused-ring (bicyclic) bond motifs is 1. The molecule has 0 fully saturated rings. The maximum absolute atomic E-state index is 10.9. The fourth-order valence-electron chi connectivity index (χ4n) is 3.13. The summed E-state index contributed by atoms with van der Waals surface area (Å²) in [6.07, 6.45) is 1.85. The second-order valence-corrected chi connectivity index (χ2v) is 6.45. The van der Waals surface area contributed by atoms with Crippen LogP contribution < -0.4 is 14.2 Å². The topological polar surface area (TPSA) is 95.7 Å². The molecule has 1 N–H and O–H groups in total. The van der Waals surface area contributed by atoms with E-state index in [1.165, 1.54) is 0 Å². The highest BCUT2D eigenvalue weighted by molar-refractivity contribution is 5.68. The number of carboxylic acids is 1. The van der Waals surface area contributed by atoms with E-state index in [0.29, 0.717) is 23.8 Å². The molecule has 0 saturated heterocycles. The number of carbonyl (C=O) groups is 1. The molecule has 0 bridgehead atoms. The number of nitrogens with zero attached hydrogens (tertiary/aromatic N) is 3. The first-order chi connectivity index (χ1) is 13.6. The molecule has 1 aliphatic heterocycles. The van der Waals surface area contributed by atoms with Crippen LogP contribution in [0.25, 0.3) is 5.69 Å². The van der Waals surface area contributed by atoms with Crippen LogP contribution in [0, 0.1) is 0 Å². The third-order valence-corrected chi connectivity index (χ3v) is 4.53. The zero-order chi connectivity index (χ0) is 19.5. The number of aromatic nitrogens is 3. The number of aliphatic carboxylic acids is 1. The van der Waals surface area contributed by atoms with E-state index >= 15 is 0 Å². The van der Waals surface area contributed by atoms with Gasteiger partial charge < -0.3 is 19.3 Å². The molecule has 3 aromatic rings. The monoisotopic (exact) mass is 381 g/mol. The Morgan fingerprint density at radius 3 is 3.00 bits per heavy atom. The number of hydrogen-bond donors (Lipinski definition) is 1. The molecule has 2 aromatic carbocycles. The molecule has 1 aromatic heterocycles. The third kappa shape index (κ3) is 3.75. The Balaban J connectivity index is 1.42. The van der Waals surface area contributed by atoms with Crippen molar-refractivity contribution in [2.24, 2.45) is 0 Å². The van der Waals surface area contributed by atoms with Crippen molar-refractivity contribution >= 4 is 5.97 Å². The molecule has 1 aliphatic rings. The SMILES string of the molecule is COc1cccc(-n2cc(COc3ccc4c(c3)OCC4CC(=O)O)nn2)c1. The van der Waals surface area contributed by atoms with Crippen LogP contribution in [0.1, 0.15) is 23.6 Å². The van der Waals surface area contributed by atoms with Crippen molar-refractivity contribution in [1.29, 1.82) is 0 Å². The van der Waals surface area contributed by atoms with Gasteiger partial charge in [-0.05, 0) is 18.2 Å². The van der Waals surface area contributed by atoms with Gasteiger partial charge in [-0.25, -0.2) is 4.68 Å². The van der Waals surface area contributed by atoms with Crippen molar-refractivity contribution in [1.82, 2.24) is 15.0 Å². The number of benzene rings is 2. The first kappa shape index (κ1) is 17.8. The summed E-state index contributed by atoms with van der Waals surface area (Å²) in [6, 6.07) is 13.0. The highest BCUT2D eigenvalue weighted by Crippen LogP contribution is 2.38. The van der Waals surface area contributed by atoms with Gasteiger partial charge in [0, 0.05) is 23.6 Å². The Bertz CT molecular complexity index is 1000. The van der Waals surface area contributed by atoms with Crippen LogP contribution in [-0.4, -0.2) is 39.8 Å². The van der Waals surface area contributed by atoms with Crippen molar-refractivity contribution in [2.45, 2.75) is 18.9 Å². The van der Waals surface area contributed by atoms with Gasteiger partial charge in [0.15, 0.2) is 0 Å². The summed E-state index contributed by atoms with van der Waals surface area (Å²) in [7, 11) is 1.62. The molecule has 0 amide bonds. The van der Waals surface area contributed by atoms with E-state index < -0.39 is 5.97 Å². The molecular weight excluding hydrogens is 362 g/mol. The number of hydrogen-bond acceptors (Lipinski definition) is 6. The second-order valence-electron chi connectivity index (χ2n) is 6.45. The van der Waals surface area contributed by atoms with Gasteiger partial charge in [0.1, 0.15) is 29.5 Å². The minimum atomic E-state index is -0.833. The Hall–Kier alpha value is -3.55. The maximum Gasteiger partial charge on any atom is 0.304 e. The summed E-state index contributed by atoms with van der Waals surface area (Å²) in [6.45, 7) is 0.626. The molecule has 28 heavy (non-hydrogen) atoms. The van der Waals surface area contributed by atoms with E-state index in [4.69, 9.17) is 19.3 Å². The van der Waals surface area contributed by atoms with Crippen molar-refractivity contribution in [3.05, 3.63) is 59.9 Å². The van der Waals surface area contributed by atoms with Crippen molar-refractivity contribution < 1.29 is 24.1 Å². The predicted molar refractivity (Wildman–Crippen MR) is 99.2 cm³/mol. The normalized spacial score (nSPS) is 15.0. The molecule has 2 heterocycles. The van der Waals surface area contributed by atoms with Crippen LogP contribution in [0.15, 0.2) is 48.7 Å². The van der Waals surface area contributed by atoms with Crippen LogP contribution >= 0.6 is 0 Å².